The molecule has 0 fully saturated rings. The van der Waals surface area contributed by atoms with Crippen LogP contribution in [0.5, 0.6) is 11.5 Å². The molecule has 0 saturated carbocycles. The first-order valence-electron chi connectivity index (χ1n) is 7.68. The summed E-state index contributed by atoms with van der Waals surface area (Å²) in [4.78, 5) is 0. The number of hydrogen-bond acceptors (Lipinski definition) is 3. The molecule has 0 saturated heterocycles. The van der Waals surface area contributed by atoms with E-state index < -0.39 is 0 Å². The van der Waals surface area contributed by atoms with Gasteiger partial charge in [0, 0.05) is 17.3 Å². The van der Waals surface area contributed by atoms with Crippen LogP contribution in [0.2, 0.25) is 5.02 Å². The summed E-state index contributed by atoms with van der Waals surface area (Å²) < 4.78 is 5.84. The number of anilines is 1. The summed E-state index contributed by atoms with van der Waals surface area (Å²) in [5.41, 5.74) is 3.11. The number of rotatable bonds is 6. The molecule has 0 aliphatic heterocycles. The van der Waals surface area contributed by atoms with E-state index in [9.17, 15) is 5.11 Å². The standard InChI is InChI=1S/C20H18ClNO2/c21-17-5-1-4-16(11-17)14-24-20-6-2-3-15(12-20)13-22-18-7-9-19(23)10-8-18/h1-12,22-23H,13-14H2. The molecule has 0 amide bonds. The predicted molar refractivity (Wildman–Crippen MR) is 97.7 cm³/mol. The Bertz CT molecular complexity index is 803. The van der Waals surface area contributed by atoms with Gasteiger partial charge in [-0.25, -0.2) is 0 Å². The third-order valence-corrected chi connectivity index (χ3v) is 3.79. The molecule has 0 aliphatic rings. The van der Waals surface area contributed by atoms with Crippen LogP contribution in [0, 0.1) is 0 Å². The third kappa shape index (κ3) is 4.67. The number of benzene rings is 3. The van der Waals surface area contributed by atoms with Gasteiger partial charge in [0.05, 0.1) is 0 Å². The number of ether oxygens (including phenoxy) is 1. The normalized spacial score (nSPS) is 10.4. The van der Waals surface area contributed by atoms with Gasteiger partial charge in [-0.1, -0.05) is 35.9 Å². The van der Waals surface area contributed by atoms with Crippen molar-refractivity contribution in [2.24, 2.45) is 0 Å². The van der Waals surface area contributed by atoms with Gasteiger partial charge < -0.3 is 15.2 Å². The van der Waals surface area contributed by atoms with Gasteiger partial charge in [0.15, 0.2) is 0 Å². The van der Waals surface area contributed by atoms with Gasteiger partial charge in [-0.05, 0) is 59.7 Å². The molecule has 3 aromatic carbocycles. The van der Waals surface area contributed by atoms with Crippen LogP contribution < -0.4 is 10.1 Å². The minimum absolute atomic E-state index is 0.261. The van der Waals surface area contributed by atoms with Crippen molar-refractivity contribution in [3.63, 3.8) is 0 Å². The van der Waals surface area contributed by atoms with Crippen molar-refractivity contribution in [3.05, 3.63) is 88.9 Å². The number of hydrogen-bond donors (Lipinski definition) is 2. The van der Waals surface area contributed by atoms with E-state index in [2.05, 4.69) is 5.32 Å². The summed E-state index contributed by atoms with van der Waals surface area (Å²) in [6, 6.07) is 22.6. The zero-order valence-electron chi connectivity index (χ0n) is 13.1. The van der Waals surface area contributed by atoms with Crippen molar-refractivity contribution in [3.8, 4) is 11.5 Å². The van der Waals surface area contributed by atoms with Crippen molar-refractivity contribution in [1.29, 1.82) is 0 Å². The highest BCUT2D eigenvalue weighted by Crippen LogP contribution is 2.19. The lowest BCUT2D eigenvalue weighted by atomic mass is 10.2. The molecule has 0 bridgehead atoms. The summed E-state index contributed by atoms with van der Waals surface area (Å²) in [5, 5.41) is 13.3. The number of phenols is 1. The largest absolute Gasteiger partial charge is 0.508 e. The molecule has 4 heteroatoms. The average Bonchev–Trinajstić information content (AvgIpc) is 2.60. The summed E-state index contributed by atoms with van der Waals surface area (Å²) >= 11 is 5.98. The topological polar surface area (TPSA) is 41.5 Å². The second-order valence-corrected chi connectivity index (χ2v) is 5.90. The van der Waals surface area contributed by atoms with E-state index in [1.54, 1.807) is 12.1 Å². The van der Waals surface area contributed by atoms with E-state index in [0.29, 0.717) is 18.2 Å². The van der Waals surface area contributed by atoms with Gasteiger partial charge >= 0.3 is 0 Å². The highest BCUT2D eigenvalue weighted by molar-refractivity contribution is 6.30. The zero-order chi connectivity index (χ0) is 16.8. The Balaban J connectivity index is 1.58. The van der Waals surface area contributed by atoms with Crippen molar-refractivity contribution in [2.45, 2.75) is 13.2 Å². The molecular weight excluding hydrogens is 322 g/mol. The molecule has 0 aromatic heterocycles. The van der Waals surface area contributed by atoms with E-state index in [-0.39, 0.29) is 5.75 Å². The zero-order valence-corrected chi connectivity index (χ0v) is 13.8. The molecule has 0 heterocycles. The van der Waals surface area contributed by atoms with Crippen molar-refractivity contribution in [1.82, 2.24) is 0 Å². The molecule has 0 radical (unpaired) electrons. The van der Waals surface area contributed by atoms with Crippen LogP contribution in [0.15, 0.2) is 72.8 Å². The highest BCUT2D eigenvalue weighted by atomic mass is 35.5. The molecule has 2 N–H and O–H groups in total. The van der Waals surface area contributed by atoms with Gasteiger partial charge in [0.2, 0.25) is 0 Å². The highest BCUT2D eigenvalue weighted by Gasteiger charge is 2.00. The van der Waals surface area contributed by atoms with E-state index in [1.165, 1.54) is 0 Å². The van der Waals surface area contributed by atoms with Crippen LogP contribution >= 0.6 is 11.6 Å². The van der Waals surface area contributed by atoms with Crippen molar-refractivity contribution in [2.75, 3.05) is 5.32 Å². The van der Waals surface area contributed by atoms with Crippen LogP contribution in [-0.4, -0.2) is 5.11 Å². The lowest BCUT2D eigenvalue weighted by molar-refractivity contribution is 0.306. The van der Waals surface area contributed by atoms with E-state index in [0.717, 1.165) is 22.6 Å². The third-order valence-electron chi connectivity index (χ3n) is 3.56. The minimum Gasteiger partial charge on any atom is -0.508 e. The Kier molecular flexibility index (Phi) is 5.24. The minimum atomic E-state index is 0.261. The second-order valence-electron chi connectivity index (χ2n) is 5.47. The average molecular weight is 340 g/mol. The first-order chi connectivity index (χ1) is 11.7. The number of halogens is 1. The first kappa shape index (κ1) is 16.2. The Hall–Kier alpha value is -2.65. The Morgan fingerprint density at radius 2 is 1.62 bits per heavy atom. The van der Waals surface area contributed by atoms with Crippen LogP contribution in [0.3, 0.4) is 0 Å². The molecule has 3 rings (SSSR count). The van der Waals surface area contributed by atoms with Gasteiger partial charge in [-0.2, -0.15) is 0 Å². The van der Waals surface area contributed by atoms with E-state index >= 15 is 0 Å². The SMILES string of the molecule is Oc1ccc(NCc2cccc(OCc3cccc(Cl)c3)c2)cc1. The molecule has 3 nitrogen and oxygen atoms in total. The lowest BCUT2D eigenvalue weighted by Gasteiger charge is -2.10. The number of aromatic hydroxyl groups is 1. The van der Waals surface area contributed by atoms with Crippen LogP contribution in [0.1, 0.15) is 11.1 Å². The van der Waals surface area contributed by atoms with Crippen LogP contribution in [-0.2, 0) is 13.2 Å². The van der Waals surface area contributed by atoms with Crippen LogP contribution in [0.25, 0.3) is 0 Å². The number of nitrogens with one attached hydrogen (secondary N) is 1. The Morgan fingerprint density at radius 1 is 0.875 bits per heavy atom. The Labute approximate surface area is 146 Å². The molecule has 122 valence electrons. The maximum Gasteiger partial charge on any atom is 0.120 e. The first-order valence-corrected chi connectivity index (χ1v) is 8.06. The summed E-state index contributed by atoms with van der Waals surface area (Å²) in [5.74, 6) is 1.08. The quantitative estimate of drug-likeness (QED) is 0.604. The van der Waals surface area contributed by atoms with Crippen molar-refractivity contribution >= 4 is 17.3 Å². The van der Waals surface area contributed by atoms with Gasteiger partial charge in [0.1, 0.15) is 18.1 Å². The molecule has 24 heavy (non-hydrogen) atoms. The summed E-state index contributed by atoms with van der Waals surface area (Å²) in [7, 11) is 0. The van der Waals surface area contributed by atoms with Gasteiger partial charge in [0.25, 0.3) is 0 Å². The van der Waals surface area contributed by atoms with Gasteiger partial charge in [-0.15, -0.1) is 0 Å². The molecule has 0 aliphatic carbocycles. The molecular formula is C20H18ClNO2. The summed E-state index contributed by atoms with van der Waals surface area (Å²) in [6.45, 7) is 1.16. The fraction of sp³-hybridized carbons (Fsp3) is 0.100. The van der Waals surface area contributed by atoms with E-state index in [1.807, 2.05) is 60.7 Å². The molecule has 0 atom stereocenters. The molecule has 0 unspecified atom stereocenters. The van der Waals surface area contributed by atoms with Crippen LogP contribution in [0.4, 0.5) is 5.69 Å². The maximum absolute atomic E-state index is 9.30. The number of phenolic OH excluding ortho intramolecular Hbond substituents is 1. The smallest absolute Gasteiger partial charge is 0.120 e. The van der Waals surface area contributed by atoms with Crippen molar-refractivity contribution < 1.29 is 9.84 Å². The lowest BCUT2D eigenvalue weighted by Crippen LogP contribution is -2.00. The monoisotopic (exact) mass is 339 g/mol. The van der Waals surface area contributed by atoms with E-state index in [4.69, 9.17) is 16.3 Å². The fourth-order valence-electron chi connectivity index (χ4n) is 2.32. The van der Waals surface area contributed by atoms with Gasteiger partial charge in [-0.3, -0.25) is 0 Å². The summed E-state index contributed by atoms with van der Waals surface area (Å²) in [6.07, 6.45) is 0. The Morgan fingerprint density at radius 3 is 2.42 bits per heavy atom. The maximum atomic E-state index is 9.30. The predicted octanol–water partition coefficient (Wildman–Crippen LogP) is 5.24. The molecule has 0 spiro atoms. The fourth-order valence-corrected chi connectivity index (χ4v) is 2.53. The molecule has 3 aromatic rings. The second kappa shape index (κ2) is 7.75.